The minimum absolute atomic E-state index is 0.197. The molecule has 4 aromatic rings. The molecule has 1 heterocycles. The van der Waals surface area contributed by atoms with Gasteiger partial charge in [-0.15, -0.1) is 0 Å². The molecule has 0 atom stereocenters. The van der Waals surface area contributed by atoms with Crippen LogP contribution < -0.4 is 9.47 Å². The van der Waals surface area contributed by atoms with Crippen LogP contribution in [0.5, 0.6) is 11.6 Å². The third-order valence-electron chi connectivity index (χ3n) is 4.52. The van der Waals surface area contributed by atoms with Gasteiger partial charge in [-0.2, -0.15) is 9.78 Å². The molecule has 31 heavy (non-hydrogen) atoms. The molecule has 0 N–H and O–H groups in total. The highest BCUT2D eigenvalue weighted by Crippen LogP contribution is 2.39. The molecule has 4 rings (SSSR count). The van der Waals surface area contributed by atoms with Crippen LogP contribution in [0.2, 0.25) is 0 Å². The van der Waals surface area contributed by atoms with E-state index in [0.717, 1.165) is 21.2 Å². The number of ether oxygens (including phenoxy) is 2. The van der Waals surface area contributed by atoms with Gasteiger partial charge in [0, 0.05) is 4.90 Å². The number of carbonyl (C=O) groups excluding carboxylic acids is 1. The Morgan fingerprint density at radius 2 is 1.55 bits per heavy atom. The van der Waals surface area contributed by atoms with Crippen LogP contribution in [0.3, 0.4) is 0 Å². The number of nitrogens with zero attached hydrogens (tertiary/aromatic N) is 2. The number of benzene rings is 3. The van der Waals surface area contributed by atoms with Crippen LogP contribution in [0.1, 0.15) is 11.3 Å². The van der Waals surface area contributed by atoms with E-state index < -0.39 is 5.97 Å². The molecule has 0 aliphatic carbocycles. The number of hydrogen-bond acceptors (Lipinski definition) is 5. The number of rotatable bonds is 7. The van der Waals surface area contributed by atoms with Crippen LogP contribution in [-0.2, 0) is 4.79 Å². The van der Waals surface area contributed by atoms with Crippen LogP contribution in [0.4, 0.5) is 0 Å². The Kier molecular flexibility index (Phi) is 6.38. The number of esters is 1. The van der Waals surface area contributed by atoms with Gasteiger partial charge >= 0.3 is 5.97 Å². The van der Waals surface area contributed by atoms with Crippen LogP contribution >= 0.6 is 11.8 Å². The smallest absolute Gasteiger partial charge is 0.350 e. The summed E-state index contributed by atoms with van der Waals surface area (Å²) in [6.07, 6.45) is 0. The van der Waals surface area contributed by atoms with Crippen LogP contribution in [0.15, 0.2) is 94.7 Å². The fraction of sp³-hybridized carbons (Fsp3) is 0.120. The van der Waals surface area contributed by atoms with E-state index in [-0.39, 0.29) is 6.61 Å². The zero-order chi connectivity index (χ0) is 21.6. The molecule has 156 valence electrons. The second-order valence-electron chi connectivity index (χ2n) is 6.96. The molecule has 0 spiro atoms. The Balaban J connectivity index is 1.62. The van der Waals surface area contributed by atoms with E-state index in [4.69, 9.17) is 9.47 Å². The van der Waals surface area contributed by atoms with E-state index >= 15 is 0 Å². The second-order valence-corrected chi connectivity index (χ2v) is 8.04. The molecule has 0 amide bonds. The molecule has 0 aliphatic rings. The lowest BCUT2D eigenvalue weighted by Gasteiger charge is -2.11. The first-order valence-corrected chi connectivity index (χ1v) is 10.7. The lowest BCUT2D eigenvalue weighted by molar-refractivity contribution is -0.137. The number of carbonyl (C=O) groups is 1. The van der Waals surface area contributed by atoms with E-state index in [9.17, 15) is 4.79 Å². The summed E-state index contributed by atoms with van der Waals surface area (Å²) in [7, 11) is 0. The Bertz CT molecular complexity index is 1160. The van der Waals surface area contributed by atoms with Gasteiger partial charge in [-0.25, -0.2) is 4.79 Å². The normalized spacial score (nSPS) is 10.6. The van der Waals surface area contributed by atoms with Crippen LogP contribution in [0, 0.1) is 13.8 Å². The zero-order valence-electron chi connectivity index (χ0n) is 17.3. The molecule has 6 heteroatoms. The lowest BCUT2D eigenvalue weighted by atomic mass is 10.2. The van der Waals surface area contributed by atoms with Crippen molar-refractivity contribution in [2.24, 2.45) is 0 Å². The molecule has 3 aromatic carbocycles. The number of aromatic nitrogens is 2. The van der Waals surface area contributed by atoms with Gasteiger partial charge in [-0.1, -0.05) is 65.9 Å². The van der Waals surface area contributed by atoms with Gasteiger partial charge in [0.25, 0.3) is 0 Å². The maximum atomic E-state index is 12.6. The van der Waals surface area contributed by atoms with Crippen molar-refractivity contribution in [2.45, 2.75) is 23.6 Å². The van der Waals surface area contributed by atoms with Gasteiger partial charge < -0.3 is 9.47 Å². The number of para-hydroxylation sites is 2. The first kappa shape index (κ1) is 20.8. The van der Waals surface area contributed by atoms with Gasteiger partial charge in [-0.05, 0) is 50.2 Å². The summed E-state index contributed by atoms with van der Waals surface area (Å²) in [5.74, 6) is 0.504. The highest BCUT2D eigenvalue weighted by Gasteiger charge is 2.22. The van der Waals surface area contributed by atoms with Crippen molar-refractivity contribution in [3.05, 3.63) is 96.2 Å². The summed E-state index contributed by atoms with van der Waals surface area (Å²) in [6, 6.07) is 27.0. The lowest BCUT2D eigenvalue weighted by Crippen LogP contribution is -2.19. The average Bonchev–Trinajstić information content (AvgIpc) is 3.10. The Morgan fingerprint density at radius 1 is 0.903 bits per heavy atom. The fourth-order valence-corrected chi connectivity index (χ4v) is 3.88. The van der Waals surface area contributed by atoms with Crippen molar-refractivity contribution < 1.29 is 14.3 Å². The Hall–Kier alpha value is -3.51. The van der Waals surface area contributed by atoms with Crippen molar-refractivity contribution in [2.75, 3.05) is 6.61 Å². The van der Waals surface area contributed by atoms with E-state index in [1.807, 2.05) is 74.5 Å². The van der Waals surface area contributed by atoms with Crippen molar-refractivity contribution in [3.8, 4) is 17.3 Å². The summed E-state index contributed by atoms with van der Waals surface area (Å²) in [5.41, 5.74) is 2.78. The predicted molar refractivity (Wildman–Crippen MR) is 121 cm³/mol. The van der Waals surface area contributed by atoms with Gasteiger partial charge in [0.05, 0.1) is 16.3 Å². The first-order chi connectivity index (χ1) is 15.1. The summed E-state index contributed by atoms with van der Waals surface area (Å²) in [6.45, 7) is 3.76. The molecule has 0 saturated carbocycles. The van der Waals surface area contributed by atoms with Crippen molar-refractivity contribution in [1.82, 2.24) is 9.78 Å². The maximum Gasteiger partial charge on any atom is 0.350 e. The molecule has 1 aromatic heterocycles. The molecular formula is C25H22N2O3S. The highest BCUT2D eigenvalue weighted by atomic mass is 32.2. The van der Waals surface area contributed by atoms with E-state index in [0.29, 0.717) is 11.6 Å². The average molecular weight is 431 g/mol. The molecule has 0 aliphatic heterocycles. The Labute approximate surface area is 185 Å². The second kappa shape index (κ2) is 9.53. The Morgan fingerprint density at radius 3 is 2.23 bits per heavy atom. The summed E-state index contributed by atoms with van der Waals surface area (Å²) in [5, 5.41) is 4.64. The zero-order valence-corrected chi connectivity index (χ0v) is 18.1. The molecule has 0 unspecified atom stereocenters. The fourth-order valence-electron chi connectivity index (χ4n) is 2.96. The first-order valence-electron chi connectivity index (χ1n) is 9.88. The maximum absolute atomic E-state index is 12.6. The minimum atomic E-state index is -0.494. The minimum Gasteiger partial charge on any atom is -0.482 e. The summed E-state index contributed by atoms with van der Waals surface area (Å²) in [4.78, 5) is 14.5. The van der Waals surface area contributed by atoms with Crippen molar-refractivity contribution in [1.29, 1.82) is 0 Å². The third-order valence-corrected chi connectivity index (χ3v) is 5.70. The van der Waals surface area contributed by atoms with Crippen molar-refractivity contribution >= 4 is 17.7 Å². The molecule has 5 nitrogen and oxygen atoms in total. The topological polar surface area (TPSA) is 53.4 Å². The van der Waals surface area contributed by atoms with E-state index in [1.54, 1.807) is 16.8 Å². The molecule has 0 fully saturated rings. The van der Waals surface area contributed by atoms with Crippen LogP contribution in [-0.4, -0.2) is 22.4 Å². The number of hydrogen-bond donors (Lipinski definition) is 0. The molecule has 0 saturated heterocycles. The van der Waals surface area contributed by atoms with Gasteiger partial charge in [0.15, 0.2) is 6.61 Å². The third kappa shape index (κ3) is 5.16. The summed E-state index contributed by atoms with van der Waals surface area (Å²) >= 11 is 1.52. The SMILES string of the molecule is Cc1ccc(Sc2c(C)nn(-c3ccccc3)c2OC(=O)COc2ccccc2)cc1. The van der Waals surface area contributed by atoms with Gasteiger partial charge in [0.1, 0.15) is 5.75 Å². The molecule has 0 bridgehead atoms. The van der Waals surface area contributed by atoms with Gasteiger partial charge in [-0.3, -0.25) is 0 Å². The number of aryl methyl sites for hydroxylation is 2. The van der Waals surface area contributed by atoms with Gasteiger partial charge in [0.2, 0.25) is 5.88 Å². The molecular weight excluding hydrogens is 408 g/mol. The van der Waals surface area contributed by atoms with Crippen LogP contribution in [0.25, 0.3) is 5.69 Å². The monoisotopic (exact) mass is 430 g/mol. The molecule has 0 radical (unpaired) electrons. The highest BCUT2D eigenvalue weighted by molar-refractivity contribution is 7.99. The standard InChI is InChI=1S/C25H22N2O3S/c1-18-13-15-22(16-14-18)31-24-19(2)26-27(20-9-5-3-6-10-20)25(24)30-23(28)17-29-21-11-7-4-8-12-21/h3-16H,17H2,1-2H3. The predicted octanol–water partition coefficient (Wildman–Crippen LogP) is 5.62. The van der Waals surface area contributed by atoms with E-state index in [1.165, 1.54) is 17.3 Å². The van der Waals surface area contributed by atoms with E-state index in [2.05, 4.69) is 17.2 Å². The quantitative estimate of drug-likeness (QED) is 0.356. The van der Waals surface area contributed by atoms with Crippen molar-refractivity contribution in [3.63, 3.8) is 0 Å². The largest absolute Gasteiger partial charge is 0.482 e. The summed E-state index contributed by atoms with van der Waals surface area (Å²) < 4.78 is 13.0.